The molecular formula is C15H20N2O3S. The van der Waals surface area contributed by atoms with Gasteiger partial charge in [0.2, 0.25) is 5.89 Å². The summed E-state index contributed by atoms with van der Waals surface area (Å²) in [6.45, 7) is 8.27. The summed E-state index contributed by atoms with van der Waals surface area (Å²) in [7, 11) is 0. The molecule has 0 aliphatic rings. The van der Waals surface area contributed by atoms with E-state index < -0.39 is 5.97 Å². The molecule has 0 aliphatic heterocycles. The molecule has 0 amide bonds. The topological polar surface area (TPSA) is 66.6 Å². The number of aryl methyl sites for hydroxylation is 1. The van der Waals surface area contributed by atoms with Crippen molar-refractivity contribution in [2.45, 2.75) is 39.8 Å². The first-order valence-electron chi connectivity index (χ1n) is 6.74. The summed E-state index contributed by atoms with van der Waals surface area (Å²) in [6, 6.07) is 3.91. The Labute approximate surface area is 128 Å². The van der Waals surface area contributed by atoms with Crippen molar-refractivity contribution in [3.63, 3.8) is 0 Å². The fraction of sp³-hybridized carbons (Fsp3) is 0.467. The molecule has 0 spiro atoms. The largest absolute Gasteiger partial charge is 0.480 e. The first-order valence-corrected chi connectivity index (χ1v) is 7.62. The number of nitrogens with zero attached hydrogens (tertiary/aromatic N) is 2. The highest BCUT2D eigenvalue weighted by atomic mass is 32.1. The van der Waals surface area contributed by atoms with Gasteiger partial charge < -0.3 is 9.52 Å². The minimum atomic E-state index is -0.843. The Morgan fingerprint density at radius 2 is 2.19 bits per heavy atom. The van der Waals surface area contributed by atoms with E-state index in [1.54, 1.807) is 11.3 Å². The maximum atomic E-state index is 11.0. The number of carboxylic acids is 1. The van der Waals surface area contributed by atoms with Crippen LogP contribution in [0.1, 0.15) is 32.2 Å². The lowest BCUT2D eigenvalue weighted by molar-refractivity contribution is -0.139. The van der Waals surface area contributed by atoms with E-state index in [4.69, 9.17) is 9.52 Å². The van der Waals surface area contributed by atoms with Crippen LogP contribution in [0.2, 0.25) is 0 Å². The van der Waals surface area contributed by atoms with Crippen molar-refractivity contribution >= 4 is 17.3 Å². The van der Waals surface area contributed by atoms with Gasteiger partial charge in [0, 0.05) is 12.1 Å². The molecule has 0 saturated heterocycles. The van der Waals surface area contributed by atoms with Crippen LogP contribution in [-0.2, 0) is 11.3 Å². The van der Waals surface area contributed by atoms with Crippen molar-refractivity contribution < 1.29 is 14.3 Å². The van der Waals surface area contributed by atoms with E-state index in [0.717, 1.165) is 16.3 Å². The second-order valence-electron chi connectivity index (χ2n) is 5.92. The van der Waals surface area contributed by atoms with Crippen LogP contribution < -0.4 is 0 Å². The maximum Gasteiger partial charge on any atom is 0.317 e. The molecule has 21 heavy (non-hydrogen) atoms. The molecule has 0 bridgehead atoms. The second-order valence-corrected chi connectivity index (χ2v) is 6.87. The van der Waals surface area contributed by atoms with Crippen LogP contribution in [0, 0.1) is 6.92 Å². The van der Waals surface area contributed by atoms with Crippen molar-refractivity contribution in [1.29, 1.82) is 0 Å². The third-order valence-corrected chi connectivity index (χ3v) is 4.10. The molecule has 0 radical (unpaired) electrons. The number of hydrogen-bond donors (Lipinski definition) is 1. The minimum absolute atomic E-state index is 0.0237. The molecule has 0 aliphatic carbocycles. The van der Waals surface area contributed by atoms with Gasteiger partial charge in [0.05, 0.1) is 17.1 Å². The van der Waals surface area contributed by atoms with E-state index in [0.29, 0.717) is 12.4 Å². The summed E-state index contributed by atoms with van der Waals surface area (Å²) in [5.74, 6) is 0.490. The van der Waals surface area contributed by atoms with Crippen LogP contribution in [0.25, 0.3) is 10.8 Å². The van der Waals surface area contributed by atoms with Crippen molar-refractivity contribution in [3.8, 4) is 10.8 Å². The van der Waals surface area contributed by atoms with Crippen LogP contribution >= 0.6 is 11.3 Å². The van der Waals surface area contributed by atoms with Gasteiger partial charge in [0.25, 0.3) is 0 Å². The molecule has 6 heteroatoms. The van der Waals surface area contributed by atoms with Gasteiger partial charge >= 0.3 is 5.97 Å². The highest BCUT2D eigenvalue weighted by Gasteiger charge is 2.26. The summed E-state index contributed by atoms with van der Waals surface area (Å²) in [5.41, 5.74) is 0.530. The number of thiophene rings is 1. The molecule has 0 atom stereocenters. The van der Waals surface area contributed by atoms with E-state index in [9.17, 15) is 4.79 Å². The summed E-state index contributed by atoms with van der Waals surface area (Å²) < 4.78 is 5.70. The number of hydrogen-bond acceptors (Lipinski definition) is 5. The first-order chi connectivity index (χ1) is 9.77. The normalized spacial score (nSPS) is 12.0. The molecule has 114 valence electrons. The zero-order chi connectivity index (χ0) is 15.6. The number of carbonyl (C=O) groups is 1. The average molecular weight is 308 g/mol. The van der Waals surface area contributed by atoms with Gasteiger partial charge in [-0.1, -0.05) is 6.07 Å². The van der Waals surface area contributed by atoms with E-state index >= 15 is 0 Å². The fourth-order valence-electron chi connectivity index (χ4n) is 1.95. The molecular weight excluding hydrogens is 288 g/mol. The van der Waals surface area contributed by atoms with Crippen molar-refractivity contribution in [1.82, 2.24) is 9.88 Å². The Morgan fingerprint density at radius 1 is 1.48 bits per heavy atom. The van der Waals surface area contributed by atoms with Crippen LogP contribution in [0.3, 0.4) is 0 Å². The van der Waals surface area contributed by atoms with Gasteiger partial charge in [-0.3, -0.25) is 9.69 Å². The zero-order valence-electron chi connectivity index (χ0n) is 12.7. The lowest BCUT2D eigenvalue weighted by Gasteiger charge is -2.33. The highest BCUT2D eigenvalue weighted by molar-refractivity contribution is 7.13. The van der Waals surface area contributed by atoms with Crippen LogP contribution in [0.5, 0.6) is 0 Å². The third kappa shape index (κ3) is 3.92. The number of rotatable bonds is 5. The average Bonchev–Trinajstić information content (AvgIpc) is 2.96. The summed E-state index contributed by atoms with van der Waals surface area (Å²) in [6.07, 6.45) is 0. The van der Waals surface area contributed by atoms with Gasteiger partial charge in [-0.15, -0.1) is 11.3 Å². The molecule has 2 aromatic rings. The monoisotopic (exact) mass is 308 g/mol. The smallest absolute Gasteiger partial charge is 0.317 e. The predicted octanol–water partition coefficient (Wildman–Crippen LogP) is 3.40. The molecule has 2 rings (SSSR count). The number of carboxylic acid groups (broad SMARTS) is 1. The maximum absolute atomic E-state index is 11.0. The van der Waals surface area contributed by atoms with Crippen molar-refractivity contribution in [2.24, 2.45) is 0 Å². The molecule has 2 heterocycles. The summed E-state index contributed by atoms with van der Waals surface area (Å²) >= 11 is 1.57. The lowest BCUT2D eigenvalue weighted by atomic mass is 10.1. The molecule has 5 nitrogen and oxygen atoms in total. The Bertz CT molecular complexity index is 611. The number of aliphatic carboxylic acids is 1. The Morgan fingerprint density at radius 3 is 2.71 bits per heavy atom. The zero-order valence-corrected chi connectivity index (χ0v) is 13.5. The first kappa shape index (κ1) is 15.7. The van der Waals surface area contributed by atoms with Crippen molar-refractivity contribution in [2.75, 3.05) is 6.54 Å². The Hall–Kier alpha value is -1.66. The molecule has 0 fully saturated rings. The molecule has 1 N–H and O–H groups in total. The highest BCUT2D eigenvalue weighted by Crippen LogP contribution is 2.27. The standard InChI is InChI=1S/C15H20N2O3S/c1-10-11(8-17(9-13(18)19)15(2,3)4)16-14(20-10)12-6-5-7-21-12/h5-7H,8-9H2,1-4H3,(H,18,19). The second kappa shape index (κ2) is 5.99. The lowest BCUT2D eigenvalue weighted by Crippen LogP contribution is -2.44. The van der Waals surface area contributed by atoms with E-state index in [2.05, 4.69) is 4.98 Å². The SMILES string of the molecule is Cc1oc(-c2cccs2)nc1CN(CC(=O)O)C(C)(C)C. The molecule has 0 unspecified atom stereocenters. The van der Waals surface area contributed by atoms with Gasteiger partial charge in [-0.2, -0.15) is 0 Å². The van der Waals surface area contributed by atoms with E-state index in [1.165, 1.54) is 0 Å². The molecule has 0 saturated carbocycles. The summed E-state index contributed by atoms with van der Waals surface area (Å²) in [5, 5.41) is 11.0. The Balaban J connectivity index is 2.23. The fourth-order valence-corrected chi connectivity index (χ4v) is 2.60. The summed E-state index contributed by atoms with van der Waals surface area (Å²) in [4.78, 5) is 18.4. The van der Waals surface area contributed by atoms with E-state index in [1.807, 2.05) is 50.1 Å². The quantitative estimate of drug-likeness (QED) is 0.917. The molecule has 2 aromatic heterocycles. The van der Waals surface area contributed by atoms with E-state index in [-0.39, 0.29) is 12.1 Å². The van der Waals surface area contributed by atoms with Crippen molar-refractivity contribution in [3.05, 3.63) is 29.0 Å². The van der Waals surface area contributed by atoms with Gasteiger partial charge in [0.15, 0.2) is 0 Å². The molecule has 0 aromatic carbocycles. The van der Waals surface area contributed by atoms with Gasteiger partial charge in [-0.25, -0.2) is 4.98 Å². The van der Waals surface area contributed by atoms with Crippen LogP contribution in [0.15, 0.2) is 21.9 Å². The predicted molar refractivity (Wildman–Crippen MR) is 82.4 cm³/mol. The van der Waals surface area contributed by atoms with Gasteiger partial charge in [-0.05, 0) is 39.1 Å². The number of aromatic nitrogens is 1. The third-order valence-electron chi connectivity index (χ3n) is 3.24. The Kier molecular flexibility index (Phi) is 4.49. The number of oxazole rings is 1. The van der Waals surface area contributed by atoms with Crippen LogP contribution in [0.4, 0.5) is 0 Å². The minimum Gasteiger partial charge on any atom is -0.480 e. The van der Waals surface area contributed by atoms with Gasteiger partial charge in [0.1, 0.15) is 5.76 Å². The van der Waals surface area contributed by atoms with Crippen LogP contribution in [-0.4, -0.2) is 33.0 Å².